The topological polar surface area (TPSA) is 53.6 Å². The second-order valence-electron chi connectivity index (χ2n) is 4.55. The van der Waals surface area contributed by atoms with Gasteiger partial charge in [-0.1, -0.05) is 0 Å². The van der Waals surface area contributed by atoms with Crippen LogP contribution >= 0.6 is 24.8 Å². The first-order chi connectivity index (χ1) is 6.84. The Hall–Kier alpha value is -0.320. The van der Waals surface area contributed by atoms with Gasteiger partial charge in [-0.2, -0.15) is 5.10 Å². The van der Waals surface area contributed by atoms with Gasteiger partial charge in [0.1, 0.15) is 5.82 Å². The first kappa shape index (κ1) is 13.7. The molecule has 2 heterocycles. The minimum absolute atomic E-state index is 0. The Morgan fingerprint density at radius 3 is 2.50 bits per heavy atom. The molecule has 2 atom stereocenters. The van der Waals surface area contributed by atoms with Gasteiger partial charge in [0.2, 0.25) is 0 Å². The Balaban J connectivity index is 0.000000640. The highest BCUT2D eigenvalue weighted by Crippen LogP contribution is 2.44. The van der Waals surface area contributed by atoms with E-state index in [0.717, 1.165) is 36.6 Å². The van der Waals surface area contributed by atoms with E-state index in [0.29, 0.717) is 5.92 Å². The fraction of sp³-hybridized carbons (Fsp3) is 0.800. The first-order valence-electron chi connectivity index (χ1n) is 5.44. The largest absolute Gasteiger partial charge is 0.316 e. The van der Waals surface area contributed by atoms with Gasteiger partial charge < -0.3 is 5.32 Å². The number of rotatable bonds is 2. The first-order valence-corrected chi connectivity index (χ1v) is 5.44. The molecule has 0 unspecified atom stereocenters. The van der Waals surface area contributed by atoms with E-state index in [1.165, 1.54) is 12.8 Å². The van der Waals surface area contributed by atoms with Crippen molar-refractivity contribution in [3.05, 3.63) is 11.6 Å². The van der Waals surface area contributed by atoms with Crippen LogP contribution in [0.1, 0.15) is 30.4 Å². The van der Waals surface area contributed by atoms with Crippen LogP contribution in [0.15, 0.2) is 0 Å². The number of nitrogens with one attached hydrogen (secondary N) is 2. The van der Waals surface area contributed by atoms with Crippen molar-refractivity contribution in [3.63, 3.8) is 0 Å². The molecule has 92 valence electrons. The molecule has 1 aliphatic carbocycles. The number of aromatic amines is 1. The van der Waals surface area contributed by atoms with Gasteiger partial charge in [0.05, 0.1) is 0 Å². The fourth-order valence-corrected chi connectivity index (χ4v) is 2.53. The predicted octanol–water partition coefficient (Wildman–Crippen LogP) is 1.67. The van der Waals surface area contributed by atoms with E-state index in [1.807, 2.05) is 6.92 Å². The molecule has 0 radical (unpaired) electrons. The average molecular weight is 265 g/mol. The minimum atomic E-state index is 0. The number of nitrogens with zero attached hydrogens (tertiary/aromatic N) is 2. The highest BCUT2D eigenvalue weighted by atomic mass is 35.5. The molecule has 0 aromatic carbocycles. The highest BCUT2D eigenvalue weighted by Gasteiger charge is 2.41. The van der Waals surface area contributed by atoms with Crippen LogP contribution in [0.5, 0.6) is 0 Å². The molecular formula is C10H18Cl2N4. The number of aromatic nitrogens is 3. The van der Waals surface area contributed by atoms with Crippen LogP contribution in [0.4, 0.5) is 0 Å². The molecular weight excluding hydrogens is 247 g/mol. The predicted molar refractivity (Wildman–Crippen MR) is 67.4 cm³/mol. The smallest absolute Gasteiger partial charge is 0.155 e. The van der Waals surface area contributed by atoms with Crippen molar-refractivity contribution in [1.82, 2.24) is 20.5 Å². The summed E-state index contributed by atoms with van der Waals surface area (Å²) in [6.45, 7) is 4.17. The highest BCUT2D eigenvalue weighted by molar-refractivity contribution is 5.85. The van der Waals surface area contributed by atoms with Crippen LogP contribution in [0.2, 0.25) is 0 Å². The van der Waals surface area contributed by atoms with Gasteiger partial charge in [0.25, 0.3) is 0 Å². The van der Waals surface area contributed by atoms with Gasteiger partial charge in [-0.25, -0.2) is 4.98 Å². The van der Waals surface area contributed by atoms with E-state index in [4.69, 9.17) is 0 Å². The van der Waals surface area contributed by atoms with Crippen molar-refractivity contribution in [2.45, 2.75) is 25.7 Å². The van der Waals surface area contributed by atoms with Crippen LogP contribution in [0, 0.1) is 18.8 Å². The number of halogens is 2. The van der Waals surface area contributed by atoms with Crippen molar-refractivity contribution >= 4 is 24.8 Å². The summed E-state index contributed by atoms with van der Waals surface area (Å²) in [4.78, 5) is 4.45. The van der Waals surface area contributed by atoms with Crippen LogP contribution in [-0.2, 0) is 0 Å². The van der Waals surface area contributed by atoms with Crippen molar-refractivity contribution in [2.75, 3.05) is 13.1 Å². The lowest BCUT2D eigenvalue weighted by atomic mass is 9.91. The third-order valence-corrected chi connectivity index (χ3v) is 3.43. The Bertz CT molecular complexity index is 337. The lowest BCUT2D eigenvalue weighted by Crippen LogP contribution is -2.14. The molecule has 6 heteroatoms. The molecule has 3 rings (SSSR count). The summed E-state index contributed by atoms with van der Waals surface area (Å²) < 4.78 is 0. The van der Waals surface area contributed by atoms with E-state index in [9.17, 15) is 0 Å². The van der Waals surface area contributed by atoms with Gasteiger partial charge in [-0.05, 0) is 38.1 Å². The molecule has 0 amide bonds. The van der Waals surface area contributed by atoms with Crippen molar-refractivity contribution < 1.29 is 0 Å². The fourth-order valence-electron chi connectivity index (χ4n) is 2.53. The molecule has 1 aliphatic heterocycles. The molecule has 1 aromatic rings. The monoisotopic (exact) mass is 264 g/mol. The molecule has 1 aromatic heterocycles. The summed E-state index contributed by atoms with van der Waals surface area (Å²) in [6, 6.07) is 0. The summed E-state index contributed by atoms with van der Waals surface area (Å²) >= 11 is 0. The van der Waals surface area contributed by atoms with Crippen LogP contribution in [0.3, 0.4) is 0 Å². The third-order valence-electron chi connectivity index (χ3n) is 3.43. The number of hydrogen-bond acceptors (Lipinski definition) is 3. The van der Waals surface area contributed by atoms with Crippen LogP contribution in [-0.4, -0.2) is 28.3 Å². The summed E-state index contributed by atoms with van der Waals surface area (Å²) in [7, 11) is 0. The van der Waals surface area contributed by atoms with Crippen molar-refractivity contribution in [1.29, 1.82) is 0 Å². The number of aryl methyl sites for hydroxylation is 1. The lowest BCUT2D eigenvalue weighted by Gasteiger charge is -2.13. The normalized spacial score (nSPS) is 28.3. The standard InChI is InChI=1S/C10H16N4.2ClH/c1-6-12-10(14-13-6)9-5-11-4-8(9)7-2-3-7;;/h7-9,11H,2-5H2,1H3,(H,12,13,14);2*1H/t8-,9+;;/m1../s1. The number of H-pyrrole nitrogens is 1. The summed E-state index contributed by atoms with van der Waals surface area (Å²) in [6.07, 6.45) is 2.82. The van der Waals surface area contributed by atoms with Gasteiger partial charge in [-0.15, -0.1) is 24.8 Å². The maximum atomic E-state index is 4.45. The molecule has 2 fully saturated rings. The molecule has 2 N–H and O–H groups in total. The maximum absolute atomic E-state index is 4.45. The second kappa shape index (κ2) is 5.34. The van der Waals surface area contributed by atoms with Gasteiger partial charge in [-0.3, -0.25) is 5.10 Å². The van der Waals surface area contributed by atoms with E-state index in [1.54, 1.807) is 0 Å². The van der Waals surface area contributed by atoms with E-state index in [-0.39, 0.29) is 24.8 Å². The summed E-state index contributed by atoms with van der Waals surface area (Å²) in [5.74, 6) is 4.22. The van der Waals surface area contributed by atoms with E-state index < -0.39 is 0 Å². The van der Waals surface area contributed by atoms with Crippen LogP contribution in [0.25, 0.3) is 0 Å². The Labute approximate surface area is 108 Å². The zero-order valence-corrected chi connectivity index (χ0v) is 10.9. The third kappa shape index (κ3) is 2.50. The summed E-state index contributed by atoms with van der Waals surface area (Å²) in [5, 5.41) is 10.7. The minimum Gasteiger partial charge on any atom is -0.316 e. The Morgan fingerprint density at radius 2 is 1.94 bits per heavy atom. The molecule has 16 heavy (non-hydrogen) atoms. The van der Waals surface area contributed by atoms with Gasteiger partial charge in [0.15, 0.2) is 5.82 Å². The Kier molecular flexibility index (Phi) is 4.59. The summed E-state index contributed by atoms with van der Waals surface area (Å²) in [5.41, 5.74) is 0. The van der Waals surface area contributed by atoms with E-state index >= 15 is 0 Å². The second-order valence-corrected chi connectivity index (χ2v) is 4.55. The van der Waals surface area contributed by atoms with Crippen molar-refractivity contribution in [2.24, 2.45) is 11.8 Å². The molecule has 1 saturated carbocycles. The molecule has 2 aliphatic rings. The van der Waals surface area contributed by atoms with Crippen molar-refractivity contribution in [3.8, 4) is 0 Å². The average Bonchev–Trinajstić information content (AvgIpc) is 2.75. The maximum Gasteiger partial charge on any atom is 0.155 e. The lowest BCUT2D eigenvalue weighted by molar-refractivity contribution is 0.443. The van der Waals surface area contributed by atoms with Crippen LogP contribution < -0.4 is 5.32 Å². The molecule has 4 nitrogen and oxygen atoms in total. The number of hydrogen-bond donors (Lipinski definition) is 2. The quantitative estimate of drug-likeness (QED) is 0.855. The van der Waals surface area contributed by atoms with Gasteiger partial charge in [0, 0.05) is 12.5 Å². The Morgan fingerprint density at radius 1 is 1.19 bits per heavy atom. The molecule has 1 saturated heterocycles. The zero-order valence-electron chi connectivity index (χ0n) is 9.27. The van der Waals surface area contributed by atoms with Gasteiger partial charge >= 0.3 is 0 Å². The zero-order chi connectivity index (χ0) is 9.54. The molecule has 0 spiro atoms. The molecule has 0 bridgehead atoms. The van der Waals surface area contributed by atoms with E-state index in [2.05, 4.69) is 20.5 Å². The SMILES string of the molecule is Cc1nc([C@H]2CNC[C@@H]2C2CC2)n[nH]1.Cl.Cl.